The molecule has 0 saturated carbocycles. The third-order valence-electron chi connectivity index (χ3n) is 13.6. The van der Waals surface area contributed by atoms with Crippen molar-refractivity contribution in [1.29, 1.82) is 0 Å². The predicted molar refractivity (Wildman–Crippen MR) is 290 cm³/mol. The van der Waals surface area contributed by atoms with Crippen molar-refractivity contribution >= 4 is 76.5 Å². The first-order valence-electron chi connectivity index (χ1n) is 26.6. The molecule has 0 bridgehead atoms. The second-order valence-corrected chi connectivity index (χ2v) is 20.0. The molecule has 1 aromatic heterocycles. The number of hydrogen-bond acceptors (Lipinski definition) is 13. The number of amidine groups is 1. The molecule has 0 fully saturated rings. The van der Waals surface area contributed by atoms with E-state index in [1.54, 1.807) is 65.7 Å². The number of rotatable bonds is 27. The summed E-state index contributed by atoms with van der Waals surface area (Å²) in [5, 5.41) is 8.29. The highest BCUT2D eigenvalue weighted by atomic mass is 16.6. The van der Waals surface area contributed by atoms with Gasteiger partial charge in [0.1, 0.15) is 18.2 Å². The molecule has 2 aromatic carbocycles. The van der Waals surface area contributed by atoms with Gasteiger partial charge in [-0.25, -0.2) is 14.6 Å². The number of ketones is 2. The zero-order valence-electron chi connectivity index (χ0n) is 44.6. The van der Waals surface area contributed by atoms with Crippen molar-refractivity contribution in [3.8, 4) is 0 Å². The molecule has 3 aliphatic heterocycles. The molecule has 4 heterocycles. The minimum Gasteiger partial charge on any atom is -0.445 e. The zero-order chi connectivity index (χ0) is 55.6. The molecule has 410 valence electrons. The Morgan fingerprint density at radius 1 is 0.883 bits per heavy atom. The Hall–Kier alpha value is -8.03. The Morgan fingerprint density at radius 3 is 2.29 bits per heavy atom. The highest BCUT2D eigenvalue weighted by Crippen LogP contribution is 2.30. The lowest BCUT2D eigenvalue weighted by Crippen LogP contribution is -2.46. The summed E-state index contributed by atoms with van der Waals surface area (Å²) in [6.07, 6.45) is 10.1. The monoisotopic (exact) mass is 1060 g/mol. The van der Waals surface area contributed by atoms with Gasteiger partial charge in [-0.2, -0.15) is 0 Å². The number of urea groups is 1. The van der Waals surface area contributed by atoms with E-state index in [1.807, 2.05) is 32.6 Å². The number of ether oxygens (including phenoxy) is 1. The molecule has 20 heteroatoms. The number of hydrogen-bond donors (Lipinski definition) is 5. The van der Waals surface area contributed by atoms with Crippen molar-refractivity contribution < 1.29 is 47.9 Å². The van der Waals surface area contributed by atoms with Crippen LogP contribution in [0.3, 0.4) is 0 Å². The van der Waals surface area contributed by atoms with Crippen molar-refractivity contribution in [1.82, 2.24) is 30.3 Å². The number of fused-ring (bicyclic) bond motifs is 2. The van der Waals surface area contributed by atoms with Crippen molar-refractivity contribution in [2.24, 2.45) is 28.3 Å². The number of pyridine rings is 1. The molecule has 0 aliphatic carbocycles. The van der Waals surface area contributed by atoms with Crippen molar-refractivity contribution in [2.75, 3.05) is 38.0 Å². The average Bonchev–Trinajstić information content (AvgIpc) is 3.61. The number of primary amides is 1. The van der Waals surface area contributed by atoms with Crippen LogP contribution < -0.4 is 27.4 Å². The molecule has 77 heavy (non-hydrogen) atoms. The predicted octanol–water partition coefficient (Wildman–Crippen LogP) is 6.21. The number of amides is 8. The molecular formula is C57H72N10O10. The van der Waals surface area contributed by atoms with Crippen molar-refractivity contribution in [3.05, 3.63) is 106 Å². The molecule has 2 atom stereocenters. The van der Waals surface area contributed by atoms with Crippen molar-refractivity contribution in [2.45, 2.75) is 124 Å². The minimum atomic E-state index is -0.912. The molecule has 7 N–H and O–H groups in total. The number of imide groups is 1. The van der Waals surface area contributed by atoms with Gasteiger partial charge < -0.3 is 42.0 Å². The molecule has 3 aliphatic rings. The summed E-state index contributed by atoms with van der Waals surface area (Å²) in [4.78, 5) is 129. The van der Waals surface area contributed by atoms with E-state index in [2.05, 4.69) is 25.9 Å². The van der Waals surface area contributed by atoms with Gasteiger partial charge in [-0.15, -0.1) is 0 Å². The van der Waals surface area contributed by atoms with Gasteiger partial charge in [0.25, 0.3) is 17.7 Å². The topological polar surface area (TPSA) is 286 Å². The number of anilines is 1. The first-order valence-corrected chi connectivity index (χ1v) is 26.6. The molecule has 6 rings (SSSR count). The normalized spacial score (nSPS) is 14.6. The zero-order valence-corrected chi connectivity index (χ0v) is 44.6. The highest BCUT2D eigenvalue weighted by molar-refractivity contribution is 6.13. The van der Waals surface area contributed by atoms with E-state index >= 15 is 0 Å². The summed E-state index contributed by atoms with van der Waals surface area (Å²) in [5.74, 6) is -2.58. The summed E-state index contributed by atoms with van der Waals surface area (Å²) < 4.78 is 5.70. The second-order valence-electron chi connectivity index (χ2n) is 20.0. The largest absolute Gasteiger partial charge is 0.445 e. The molecule has 3 aromatic rings. The van der Waals surface area contributed by atoms with Crippen LogP contribution in [-0.2, 0) is 59.5 Å². The van der Waals surface area contributed by atoms with Gasteiger partial charge in [0.2, 0.25) is 11.8 Å². The smallest absolute Gasteiger partial charge is 0.410 e. The van der Waals surface area contributed by atoms with Crippen LogP contribution in [0, 0.1) is 11.8 Å². The Balaban J connectivity index is 0.990. The summed E-state index contributed by atoms with van der Waals surface area (Å²) in [6.45, 7) is 10.0. The van der Waals surface area contributed by atoms with E-state index in [1.165, 1.54) is 12.2 Å². The summed E-state index contributed by atoms with van der Waals surface area (Å²) in [6, 6.07) is 12.2. The molecule has 0 unspecified atom stereocenters. The van der Waals surface area contributed by atoms with Gasteiger partial charge in [0.15, 0.2) is 5.78 Å². The fourth-order valence-corrected chi connectivity index (χ4v) is 9.40. The Morgan fingerprint density at radius 2 is 1.60 bits per heavy atom. The molecular weight excluding hydrogens is 985 g/mol. The van der Waals surface area contributed by atoms with Crippen LogP contribution >= 0.6 is 0 Å². The third kappa shape index (κ3) is 17.0. The fourth-order valence-electron chi connectivity index (χ4n) is 9.40. The second kappa shape index (κ2) is 28.2. The van der Waals surface area contributed by atoms with Gasteiger partial charge >= 0.3 is 12.1 Å². The van der Waals surface area contributed by atoms with Gasteiger partial charge in [0.05, 0.1) is 30.2 Å². The Kier molecular flexibility index (Phi) is 21.3. The first kappa shape index (κ1) is 58.2. The number of nitrogens with zero attached hydrogens (tertiary/aromatic N) is 5. The quantitative estimate of drug-likeness (QED) is 0.0421. The molecule has 8 amide bonds. The van der Waals surface area contributed by atoms with Crippen LogP contribution in [0.25, 0.3) is 6.08 Å². The van der Waals surface area contributed by atoms with Crippen LogP contribution in [0.4, 0.5) is 21.0 Å². The lowest BCUT2D eigenvalue weighted by molar-refractivity contribution is -0.137. The molecule has 0 radical (unpaired) electrons. The number of unbranched alkanes of at least 4 members (excludes halogenated alkanes) is 2. The fraction of sp³-hybridized carbons (Fsp3) is 0.456. The number of aromatic nitrogens is 1. The van der Waals surface area contributed by atoms with E-state index in [0.717, 1.165) is 29.0 Å². The maximum absolute atomic E-state index is 13.8. The van der Waals surface area contributed by atoms with E-state index in [-0.39, 0.29) is 99.4 Å². The number of carbonyl (C=O) groups is 9. The standard InChI is InChI=1S/C57H72N10O10/c1-5-23-65(24-6-2)55(74)41-28-39-17-18-40(30-48(39)63-50(58)31-41)53(72)62-43-29-42-34-66(26-21-46(42)61-33-43)57(76)77-35-38-15-13-37(14-16-38)27-49(69)47(12-10-22-60-56(59)75)64-54(73)45(36(3)4)32-44(68)11-8-7-9-25-67-51(70)19-20-52(67)71/h13-20,28-30,33,36,45,47H,5-12,21-27,31-32,34-35H2,1-4H3,(H2,58,63)(H,62,72)(H,64,73)(H3,59,60,75)/t45-,47-/m0/s1. The molecule has 0 spiro atoms. The van der Waals surface area contributed by atoms with E-state index in [0.29, 0.717) is 90.9 Å². The van der Waals surface area contributed by atoms with Crippen LogP contribution in [0.1, 0.15) is 130 Å². The summed E-state index contributed by atoms with van der Waals surface area (Å²) in [5.41, 5.74) is 16.9. The average molecular weight is 1060 g/mol. The maximum Gasteiger partial charge on any atom is 0.410 e. The number of nitrogens with one attached hydrogen (secondary N) is 3. The molecule has 20 nitrogen and oxygen atoms in total. The van der Waals surface area contributed by atoms with Crippen LogP contribution in [0.15, 0.2) is 77.4 Å². The van der Waals surface area contributed by atoms with E-state index in [9.17, 15) is 43.2 Å². The lowest BCUT2D eigenvalue weighted by atomic mass is 9.88. The van der Waals surface area contributed by atoms with E-state index in [4.69, 9.17) is 16.2 Å². The lowest BCUT2D eigenvalue weighted by Gasteiger charge is -2.28. The first-order chi connectivity index (χ1) is 36.9. The van der Waals surface area contributed by atoms with Gasteiger partial charge in [-0.1, -0.05) is 64.4 Å². The van der Waals surface area contributed by atoms with Crippen LogP contribution in [0.2, 0.25) is 0 Å². The van der Waals surface area contributed by atoms with Gasteiger partial charge in [-0.3, -0.25) is 43.4 Å². The van der Waals surface area contributed by atoms with Crippen LogP contribution in [-0.4, -0.2) is 118 Å². The number of benzene rings is 2. The highest BCUT2D eigenvalue weighted by Gasteiger charge is 2.30. The number of Topliss-reactive ketones (excluding diaryl/α,β-unsaturated/α-hetero) is 2. The Bertz CT molecular complexity index is 2760. The van der Waals surface area contributed by atoms with Gasteiger partial charge in [-0.05, 0) is 85.4 Å². The summed E-state index contributed by atoms with van der Waals surface area (Å²) in [7, 11) is 0. The number of carbonyl (C=O) groups excluding carboxylic acids is 9. The van der Waals surface area contributed by atoms with Crippen molar-refractivity contribution in [3.63, 3.8) is 0 Å². The minimum absolute atomic E-state index is 0.00957. The van der Waals surface area contributed by atoms with E-state index < -0.39 is 35.9 Å². The van der Waals surface area contributed by atoms with Gasteiger partial charge in [0, 0.05) is 105 Å². The number of nitrogens with two attached hydrogens (primary N) is 2. The number of aliphatic imine (C=N–C) groups is 1. The molecule has 0 saturated heterocycles. The SMILES string of the molecule is CCCN(CCC)C(=O)C1=Cc2ccc(C(=O)Nc3cnc4c(c3)CN(C(=O)OCc3ccc(CC(=O)[C@H](CCCNC(N)=O)NC(=O)[C@@H](CC(=O)CCCCCN5C(=O)C=CC5=O)C(C)C)cc3)CC4)cc2N=C(N)C1. The maximum atomic E-state index is 13.8. The Labute approximate surface area is 449 Å². The third-order valence-corrected chi connectivity index (χ3v) is 13.6. The summed E-state index contributed by atoms with van der Waals surface area (Å²) >= 11 is 0. The van der Waals surface area contributed by atoms with Crippen LogP contribution in [0.5, 0.6) is 0 Å².